The van der Waals surface area contributed by atoms with Gasteiger partial charge in [0.25, 0.3) is 0 Å². The zero-order valence-corrected chi connectivity index (χ0v) is 7.99. The predicted molar refractivity (Wildman–Crippen MR) is 47.0 cm³/mol. The minimum Gasteiger partial charge on any atom is -1.00 e. The van der Waals surface area contributed by atoms with Gasteiger partial charge in [0.15, 0.2) is 0 Å². The quantitative estimate of drug-likeness (QED) is 0.562. The molecule has 0 bridgehead atoms. The van der Waals surface area contributed by atoms with Gasteiger partial charge in [-0.2, -0.15) is 0 Å². The molecule has 0 saturated heterocycles. The Labute approximate surface area is 93.3 Å². The first-order valence-corrected chi connectivity index (χ1v) is 2.61. The molecule has 0 aromatic heterocycles. The third-order valence-corrected chi connectivity index (χ3v) is 1.04. The van der Waals surface area contributed by atoms with Crippen molar-refractivity contribution in [3.8, 4) is 0 Å². The van der Waals surface area contributed by atoms with E-state index in [0.29, 0.717) is 0 Å². The second-order valence-corrected chi connectivity index (χ2v) is 1.61. The Morgan fingerprint density at radius 3 is 2.00 bits per heavy atom. The zero-order chi connectivity index (χ0) is 5.82. The monoisotopic (exact) mass is 166 g/mol. The fourth-order valence-corrected chi connectivity index (χ4v) is 0.589. The molecule has 0 aliphatic rings. The molecule has 0 amide bonds. The van der Waals surface area contributed by atoms with Crippen molar-refractivity contribution in [2.75, 3.05) is 0 Å². The van der Waals surface area contributed by atoms with Gasteiger partial charge < -0.3 is 2.85 Å². The molecular formula is C8H11CaF. The zero-order valence-electron chi connectivity index (χ0n) is 7.79. The summed E-state index contributed by atoms with van der Waals surface area (Å²) >= 11 is 0. The molecule has 0 unspecified atom stereocenters. The van der Waals surface area contributed by atoms with E-state index in [2.05, 4.69) is 6.58 Å². The summed E-state index contributed by atoms with van der Waals surface area (Å²) in [7, 11) is 0. The van der Waals surface area contributed by atoms with Crippen LogP contribution in [0, 0.1) is 0 Å². The molecule has 1 aromatic rings. The van der Waals surface area contributed by atoms with Crippen LogP contribution in [-0.4, -0.2) is 37.7 Å². The molecule has 1 rings (SSSR count). The van der Waals surface area contributed by atoms with E-state index in [1.54, 1.807) is 0 Å². The number of rotatable bonds is 1. The minimum atomic E-state index is 0. The number of hydrogen-bond donors (Lipinski definition) is 0. The average Bonchev–Trinajstić information content (AvgIpc) is 1.90. The molecule has 52 valence electrons. The van der Waals surface area contributed by atoms with E-state index in [-0.39, 0.29) is 45.3 Å². The Balaban J connectivity index is -0.0000000800. The van der Waals surface area contributed by atoms with Gasteiger partial charge in [-0.25, -0.2) is 0 Å². The third kappa shape index (κ3) is 4.04. The van der Waals surface area contributed by atoms with Crippen LogP contribution >= 0.6 is 0 Å². The molecule has 0 aliphatic carbocycles. The molecule has 0 nitrogen and oxygen atoms in total. The second-order valence-electron chi connectivity index (χ2n) is 1.61. The van der Waals surface area contributed by atoms with Crippen molar-refractivity contribution in [2.45, 2.75) is 0 Å². The number of hydrogen-bond acceptors (Lipinski definition) is 0. The first-order chi connectivity index (χ1) is 3.93. The normalized spacial score (nSPS) is 6.80. The first kappa shape index (κ1) is 12.8. The van der Waals surface area contributed by atoms with E-state index in [0.717, 1.165) is 0 Å². The Kier molecular flexibility index (Phi) is 9.29. The van der Waals surface area contributed by atoms with Crippen LogP contribution in [0.1, 0.15) is 8.42 Å². The fraction of sp³-hybridized carbons (Fsp3) is 0. The van der Waals surface area contributed by atoms with E-state index in [9.17, 15) is 0 Å². The Morgan fingerprint density at radius 2 is 1.70 bits per heavy atom. The van der Waals surface area contributed by atoms with Crippen molar-refractivity contribution < 1.29 is 7.56 Å². The Bertz CT molecular complexity index is 180. The van der Waals surface area contributed by atoms with Gasteiger partial charge in [0.2, 0.25) is 0 Å². The van der Waals surface area contributed by atoms with Gasteiger partial charge in [0.05, 0.1) is 0 Å². The molecule has 1 aromatic carbocycles. The van der Waals surface area contributed by atoms with Crippen LogP contribution in [0.5, 0.6) is 0 Å². The number of halogens is 1. The van der Waals surface area contributed by atoms with Crippen LogP contribution in [0.3, 0.4) is 0 Å². The predicted octanol–water partition coefficient (Wildman–Crippen LogP) is 2.33. The molecule has 0 spiro atoms. The van der Waals surface area contributed by atoms with Crippen molar-refractivity contribution in [3.63, 3.8) is 0 Å². The van der Waals surface area contributed by atoms with Gasteiger partial charge in [0, 0.05) is 0 Å². The summed E-state index contributed by atoms with van der Waals surface area (Å²) in [4.78, 5) is 0. The van der Waals surface area contributed by atoms with Gasteiger partial charge in [-0.15, -0.1) is 0 Å². The molecule has 0 N–H and O–H groups in total. The van der Waals surface area contributed by atoms with Crippen molar-refractivity contribution in [2.24, 2.45) is 0 Å². The Morgan fingerprint density at radius 1 is 1.20 bits per heavy atom. The molecule has 0 atom stereocenters. The smallest absolute Gasteiger partial charge is 1.00 e. The van der Waals surface area contributed by atoms with Gasteiger partial charge in [0.1, 0.15) is 0 Å². The summed E-state index contributed by atoms with van der Waals surface area (Å²) in [6.07, 6.45) is 1.83. The van der Waals surface area contributed by atoms with Crippen LogP contribution < -0.4 is 0 Å². The van der Waals surface area contributed by atoms with E-state index in [4.69, 9.17) is 0 Å². The van der Waals surface area contributed by atoms with Crippen molar-refractivity contribution in [1.82, 2.24) is 0 Å². The van der Waals surface area contributed by atoms with Crippen LogP contribution in [0.2, 0.25) is 0 Å². The van der Waals surface area contributed by atoms with E-state index < -0.39 is 0 Å². The fourth-order valence-electron chi connectivity index (χ4n) is 0.589. The molecule has 0 heterocycles. The molecule has 2 heteroatoms. The maximum absolute atomic E-state index is 3.63. The van der Waals surface area contributed by atoms with Crippen LogP contribution in [0.15, 0.2) is 36.9 Å². The summed E-state index contributed by atoms with van der Waals surface area (Å²) in [5.41, 5.74) is 1.17. The molecule has 0 fully saturated rings. The first-order valence-electron chi connectivity index (χ1n) is 2.61. The largest absolute Gasteiger partial charge is 2.00 e. The van der Waals surface area contributed by atoms with E-state index >= 15 is 0 Å². The summed E-state index contributed by atoms with van der Waals surface area (Å²) in [5.74, 6) is 0. The van der Waals surface area contributed by atoms with Gasteiger partial charge in [-0.05, 0) is 5.56 Å². The summed E-state index contributed by atoms with van der Waals surface area (Å²) in [6, 6.07) is 10.0. The van der Waals surface area contributed by atoms with Crippen LogP contribution in [-0.2, 0) is 0 Å². The molecular weight excluding hydrogens is 155 g/mol. The second kappa shape index (κ2) is 7.26. The van der Waals surface area contributed by atoms with Crippen molar-refractivity contribution in [3.05, 3.63) is 42.5 Å². The topological polar surface area (TPSA) is 0 Å². The SMILES string of the molecule is C=Cc1ccccc1.F.[Ca+2].[H-].[H-]. The maximum atomic E-state index is 3.63. The minimum absolute atomic E-state index is 0. The summed E-state index contributed by atoms with van der Waals surface area (Å²) in [6.45, 7) is 3.63. The molecule has 10 heavy (non-hydrogen) atoms. The number of benzene rings is 1. The Hall–Kier alpha value is 0.150. The summed E-state index contributed by atoms with van der Waals surface area (Å²) in [5, 5.41) is 0. The van der Waals surface area contributed by atoms with E-state index in [1.165, 1.54) is 5.56 Å². The average molecular weight is 166 g/mol. The van der Waals surface area contributed by atoms with Crippen molar-refractivity contribution in [1.29, 1.82) is 0 Å². The van der Waals surface area contributed by atoms with Crippen LogP contribution in [0.4, 0.5) is 4.70 Å². The van der Waals surface area contributed by atoms with E-state index in [1.807, 2.05) is 36.4 Å². The molecule has 0 radical (unpaired) electrons. The van der Waals surface area contributed by atoms with Crippen LogP contribution in [0.25, 0.3) is 6.08 Å². The summed E-state index contributed by atoms with van der Waals surface area (Å²) < 4.78 is 0. The third-order valence-electron chi connectivity index (χ3n) is 1.04. The van der Waals surface area contributed by atoms with Gasteiger partial charge in [-0.3, -0.25) is 4.70 Å². The van der Waals surface area contributed by atoms with Gasteiger partial charge >= 0.3 is 37.7 Å². The molecule has 0 saturated carbocycles. The standard InChI is InChI=1S/C8H8.Ca.FH.2H/c1-2-8-6-4-3-5-7-8;;;;/h2-7H,1H2;;1H;;/q;+2;;2*-1. The van der Waals surface area contributed by atoms with Gasteiger partial charge in [-0.1, -0.05) is 43.0 Å². The van der Waals surface area contributed by atoms with Crippen molar-refractivity contribution >= 4 is 43.8 Å². The molecule has 0 aliphatic heterocycles. The maximum Gasteiger partial charge on any atom is 2.00 e.